The summed E-state index contributed by atoms with van der Waals surface area (Å²) < 4.78 is 0. The Morgan fingerprint density at radius 1 is 1.58 bits per heavy atom. The molecule has 0 saturated heterocycles. The lowest BCUT2D eigenvalue weighted by Gasteiger charge is -2.25. The van der Waals surface area contributed by atoms with Crippen molar-refractivity contribution < 1.29 is 10.2 Å². The van der Waals surface area contributed by atoms with Crippen LogP contribution in [-0.2, 0) is 0 Å². The molecule has 0 heterocycles. The molecule has 0 aromatic heterocycles. The zero-order chi connectivity index (χ0) is 9.78. The summed E-state index contributed by atoms with van der Waals surface area (Å²) in [7, 11) is 0. The van der Waals surface area contributed by atoms with Crippen LogP contribution in [0, 0.1) is 0 Å². The van der Waals surface area contributed by atoms with Crippen LogP contribution >= 0.6 is 11.6 Å². The average molecular weight is 193 g/mol. The topological polar surface area (TPSA) is 40.5 Å². The van der Waals surface area contributed by atoms with Gasteiger partial charge in [-0.2, -0.15) is 0 Å². The Morgan fingerprint density at radius 3 is 2.42 bits per heavy atom. The molecule has 0 aromatic carbocycles. The van der Waals surface area contributed by atoms with E-state index in [1.165, 1.54) is 6.92 Å². The molecular formula is C9H17ClO2. The van der Waals surface area contributed by atoms with E-state index in [1.807, 2.05) is 19.9 Å². The van der Waals surface area contributed by atoms with Crippen molar-refractivity contribution in [3.8, 4) is 0 Å². The van der Waals surface area contributed by atoms with Gasteiger partial charge in [-0.15, -0.1) is 11.6 Å². The highest BCUT2D eigenvalue weighted by Crippen LogP contribution is 2.19. The normalized spacial score (nSPS) is 18.2. The lowest BCUT2D eigenvalue weighted by Crippen LogP contribution is -2.39. The maximum atomic E-state index is 9.49. The molecule has 0 aromatic rings. The van der Waals surface area contributed by atoms with Crippen LogP contribution in [0.5, 0.6) is 0 Å². The van der Waals surface area contributed by atoms with Crippen LogP contribution in [0.15, 0.2) is 11.6 Å². The molecule has 0 bridgehead atoms. The number of hydrogen-bond acceptors (Lipinski definition) is 2. The molecule has 0 rings (SSSR count). The smallest absolute Gasteiger partial charge is 0.101 e. The van der Waals surface area contributed by atoms with E-state index in [0.29, 0.717) is 6.42 Å². The fourth-order valence-electron chi connectivity index (χ4n) is 0.692. The van der Waals surface area contributed by atoms with Gasteiger partial charge in [0.05, 0.1) is 12.0 Å². The van der Waals surface area contributed by atoms with Gasteiger partial charge in [-0.1, -0.05) is 11.6 Å². The maximum Gasteiger partial charge on any atom is 0.101 e. The minimum absolute atomic E-state index is 0.308. The van der Waals surface area contributed by atoms with Gasteiger partial charge >= 0.3 is 0 Å². The van der Waals surface area contributed by atoms with E-state index in [2.05, 4.69) is 0 Å². The Balaban J connectivity index is 4.03. The molecule has 12 heavy (non-hydrogen) atoms. The summed E-state index contributed by atoms with van der Waals surface area (Å²) in [5.41, 5.74) is -0.0255. The van der Waals surface area contributed by atoms with Gasteiger partial charge < -0.3 is 10.2 Å². The van der Waals surface area contributed by atoms with Crippen molar-refractivity contribution in [3.63, 3.8) is 0 Å². The van der Waals surface area contributed by atoms with Crippen molar-refractivity contribution >= 4 is 11.6 Å². The van der Waals surface area contributed by atoms with Crippen molar-refractivity contribution in [1.82, 2.24) is 0 Å². The van der Waals surface area contributed by atoms with E-state index >= 15 is 0 Å². The minimum atomic E-state index is -1.19. The number of hydrogen-bond donors (Lipinski definition) is 2. The van der Waals surface area contributed by atoms with Gasteiger partial charge in [-0.3, -0.25) is 0 Å². The first-order valence-corrected chi connectivity index (χ1v) is 4.44. The Hall–Kier alpha value is -0.0500. The van der Waals surface area contributed by atoms with E-state index in [4.69, 9.17) is 16.7 Å². The van der Waals surface area contributed by atoms with Crippen molar-refractivity contribution in [1.29, 1.82) is 0 Å². The second-order valence-corrected chi connectivity index (χ2v) is 4.03. The predicted molar refractivity (Wildman–Crippen MR) is 51.4 cm³/mol. The van der Waals surface area contributed by atoms with Crippen LogP contribution in [0.4, 0.5) is 0 Å². The van der Waals surface area contributed by atoms with Crippen LogP contribution in [0.2, 0.25) is 0 Å². The van der Waals surface area contributed by atoms with E-state index in [0.717, 1.165) is 5.57 Å². The van der Waals surface area contributed by atoms with E-state index in [1.54, 1.807) is 0 Å². The largest absolute Gasteiger partial charge is 0.393 e. The van der Waals surface area contributed by atoms with Crippen molar-refractivity contribution in [2.45, 2.75) is 38.2 Å². The summed E-state index contributed by atoms with van der Waals surface area (Å²) in [6.45, 7) is 5.16. The van der Waals surface area contributed by atoms with Gasteiger partial charge in [-0.05, 0) is 27.2 Å². The van der Waals surface area contributed by atoms with Gasteiger partial charge in [-0.25, -0.2) is 0 Å². The standard InChI is InChI=1S/C9H17ClO2/c1-7(2)4-5-8(10)9(3,12)6-11/h4,8,11-12H,5-6H2,1-3H3/t8-,9-/m1/s1. The molecule has 2 atom stereocenters. The molecule has 72 valence electrons. The molecule has 0 spiro atoms. The Kier molecular flexibility index (Phi) is 4.83. The first-order valence-electron chi connectivity index (χ1n) is 4.01. The molecular weight excluding hydrogens is 176 g/mol. The molecule has 0 aliphatic rings. The molecule has 0 radical (unpaired) electrons. The lowest BCUT2D eigenvalue weighted by atomic mass is 10.00. The monoisotopic (exact) mass is 192 g/mol. The summed E-state index contributed by atoms with van der Waals surface area (Å²) in [4.78, 5) is 0. The van der Waals surface area contributed by atoms with E-state index in [-0.39, 0.29) is 6.61 Å². The SMILES string of the molecule is CC(C)=CC[C@@H](Cl)[C@](C)(O)CO. The molecule has 0 aliphatic carbocycles. The molecule has 0 amide bonds. The summed E-state index contributed by atoms with van der Waals surface area (Å²) in [5, 5.41) is 17.8. The van der Waals surface area contributed by atoms with Crippen LogP contribution in [-0.4, -0.2) is 27.8 Å². The number of alkyl halides is 1. The zero-order valence-corrected chi connectivity index (χ0v) is 8.60. The summed E-state index contributed by atoms with van der Waals surface area (Å²) in [6.07, 6.45) is 2.53. The molecule has 2 N–H and O–H groups in total. The number of halogens is 1. The zero-order valence-electron chi connectivity index (χ0n) is 7.84. The van der Waals surface area contributed by atoms with Crippen molar-refractivity contribution in [2.24, 2.45) is 0 Å². The van der Waals surface area contributed by atoms with Crippen LogP contribution < -0.4 is 0 Å². The average Bonchev–Trinajstić information content (AvgIpc) is 2.00. The van der Waals surface area contributed by atoms with Crippen LogP contribution in [0.3, 0.4) is 0 Å². The molecule has 2 nitrogen and oxygen atoms in total. The third kappa shape index (κ3) is 4.10. The molecule has 0 unspecified atom stereocenters. The maximum absolute atomic E-state index is 9.49. The summed E-state index contributed by atoms with van der Waals surface area (Å²) >= 11 is 5.86. The Morgan fingerprint density at radius 2 is 2.08 bits per heavy atom. The first-order chi connectivity index (χ1) is 5.40. The van der Waals surface area contributed by atoms with Gasteiger partial charge in [0, 0.05) is 0 Å². The number of aliphatic hydroxyl groups is 2. The summed E-state index contributed by atoms with van der Waals surface area (Å²) in [6, 6.07) is 0. The summed E-state index contributed by atoms with van der Waals surface area (Å²) in [5.74, 6) is 0. The van der Waals surface area contributed by atoms with Crippen LogP contribution in [0.1, 0.15) is 27.2 Å². The van der Waals surface area contributed by atoms with Crippen LogP contribution in [0.25, 0.3) is 0 Å². The first kappa shape index (κ1) is 11.9. The fourth-order valence-corrected chi connectivity index (χ4v) is 0.850. The molecule has 0 saturated carbocycles. The van der Waals surface area contributed by atoms with Gasteiger partial charge in [0.15, 0.2) is 0 Å². The van der Waals surface area contributed by atoms with E-state index in [9.17, 15) is 5.11 Å². The highest BCUT2D eigenvalue weighted by molar-refractivity contribution is 6.21. The highest BCUT2D eigenvalue weighted by atomic mass is 35.5. The van der Waals surface area contributed by atoms with Gasteiger partial charge in [0.25, 0.3) is 0 Å². The lowest BCUT2D eigenvalue weighted by molar-refractivity contribution is -0.000905. The Bertz CT molecular complexity index is 160. The molecule has 0 fully saturated rings. The quantitative estimate of drug-likeness (QED) is 0.526. The Labute approximate surface area is 78.9 Å². The second kappa shape index (κ2) is 4.85. The molecule has 3 heteroatoms. The highest BCUT2D eigenvalue weighted by Gasteiger charge is 2.28. The number of rotatable bonds is 4. The number of allylic oxidation sites excluding steroid dienone is 2. The fraction of sp³-hybridized carbons (Fsp3) is 0.778. The van der Waals surface area contributed by atoms with Gasteiger partial charge in [0.1, 0.15) is 5.60 Å². The third-order valence-electron chi connectivity index (χ3n) is 1.73. The third-order valence-corrected chi connectivity index (χ3v) is 2.38. The van der Waals surface area contributed by atoms with Gasteiger partial charge in [0.2, 0.25) is 0 Å². The minimum Gasteiger partial charge on any atom is -0.393 e. The predicted octanol–water partition coefficient (Wildman–Crippen LogP) is 1.69. The second-order valence-electron chi connectivity index (χ2n) is 3.50. The van der Waals surface area contributed by atoms with Crippen molar-refractivity contribution in [2.75, 3.05) is 6.61 Å². The van der Waals surface area contributed by atoms with Crippen molar-refractivity contribution in [3.05, 3.63) is 11.6 Å². The van der Waals surface area contributed by atoms with E-state index < -0.39 is 11.0 Å². The number of aliphatic hydroxyl groups excluding tert-OH is 1. The molecule has 0 aliphatic heterocycles.